The lowest BCUT2D eigenvalue weighted by Gasteiger charge is -2.21. The maximum atomic E-state index is 13.0. The Morgan fingerprint density at radius 1 is 1.13 bits per heavy atom. The minimum atomic E-state index is -0.121. The summed E-state index contributed by atoms with van der Waals surface area (Å²) in [5.74, 6) is 1.17. The first kappa shape index (κ1) is 24.4. The Bertz CT molecular complexity index is 983. The van der Waals surface area contributed by atoms with Crippen molar-refractivity contribution in [1.82, 2.24) is 9.88 Å². The zero-order chi connectivity index (χ0) is 20.8. The molecule has 0 bridgehead atoms. The van der Waals surface area contributed by atoms with Gasteiger partial charge >= 0.3 is 0 Å². The summed E-state index contributed by atoms with van der Waals surface area (Å²) < 4.78 is 13.0. The number of carbonyl (C=O) groups excluding carboxylic acids is 1. The molecule has 0 aliphatic heterocycles. The van der Waals surface area contributed by atoms with Crippen molar-refractivity contribution in [2.24, 2.45) is 0 Å². The molecule has 0 unspecified atom stereocenters. The van der Waals surface area contributed by atoms with E-state index >= 15 is 0 Å². The average Bonchev–Trinajstić information content (AvgIpc) is 3.12. The summed E-state index contributed by atoms with van der Waals surface area (Å²) >= 11 is 5.00. The molecule has 9 heteroatoms. The first-order chi connectivity index (χ1) is 14.0. The molecule has 30 heavy (non-hydrogen) atoms. The summed E-state index contributed by atoms with van der Waals surface area (Å²) in [6.07, 6.45) is 0.845. The monoisotopic (exact) mass is 513 g/mol. The molecule has 0 aliphatic carbocycles. The van der Waals surface area contributed by atoms with Crippen LogP contribution in [0, 0.1) is 0 Å². The van der Waals surface area contributed by atoms with Crippen molar-refractivity contribution >= 4 is 60.9 Å². The Kier molecular flexibility index (Phi) is 9.36. The zero-order valence-electron chi connectivity index (χ0n) is 17.1. The molecule has 0 N–H and O–H groups in total. The number of carbonyl (C=O) groups is 1. The quantitative estimate of drug-likeness (QED) is 0.408. The number of rotatable bonds is 9. The molecule has 162 valence electrons. The maximum Gasteiger partial charge on any atom is 0.266 e. The van der Waals surface area contributed by atoms with Gasteiger partial charge in [-0.3, -0.25) is 9.69 Å². The lowest BCUT2D eigenvalue weighted by Crippen LogP contribution is -2.36. The van der Waals surface area contributed by atoms with E-state index < -0.39 is 0 Å². The van der Waals surface area contributed by atoms with E-state index in [0.29, 0.717) is 23.2 Å². The molecule has 0 aliphatic rings. The van der Waals surface area contributed by atoms with Crippen molar-refractivity contribution in [3.05, 3.63) is 46.9 Å². The number of thiazole rings is 1. The van der Waals surface area contributed by atoms with Gasteiger partial charge in [0.2, 0.25) is 0 Å². The maximum absolute atomic E-state index is 13.0. The van der Waals surface area contributed by atoms with E-state index in [1.807, 2.05) is 44.4 Å². The van der Waals surface area contributed by atoms with Gasteiger partial charge in [-0.05, 0) is 57.4 Å². The minimum Gasteiger partial charge on any atom is -0.497 e. The van der Waals surface area contributed by atoms with Gasteiger partial charge in [-0.1, -0.05) is 33.3 Å². The lowest BCUT2D eigenvalue weighted by atomic mass is 10.3. The van der Waals surface area contributed by atoms with Crippen molar-refractivity contribution in [1.29, 1.82) is 0 Å². The van der Waals surface area contributed by atoms with Crippen LogP contribution in [0.3, 0.4) is 0 Å². The van der Waals surface area contributed by atoms with Gasteiger partial charge in [0, 0.05) is 17.1 Å². The van der Waals surface area contributed by atoms with Crippen molar-refractivity contribution in [2.75, 3.05) is 45.8 Å². The molecule has 0 atom stereocenters. The molecule has 0 radical (unpaired) electrons. The third-order valence-electron chi connectivity index (χ3n) is 4.26. The number of benzene rings is 2. The smallest absolute Gasteiger partial charge is 0.266 e. The number of nitrogens with zero attached hydrogens (tertiary/aromatic N) is 3. The Balaban J connectivity index is 0.00000320. The topological polar surface area (TPSA) is 54.9 Å². The van der Waals surface area contributed by atoms with E-state index in [-0.39, 0.29) is 24.9 Å². The van der Waals surface area contributed by atoms with E-state index in [2.05, 4.69) is 25.8 Å². The van der Waals surface area contributed by atoms with Crippen LogP contribution in [0.4, 0.5) is 5.13 Å². The van der Waals surface area contributed by atoms with Crippen LogP contribution < -0.4 is 14.4 Å². The first-order valence-corrected chi connectivity index (χ1v) is 10.9. The highest BCUT2D eigenvalue weighted by molar-refractivity contribution is 9.10. The van der Waals surface area contributed by atoms with Gasteiger partial charge in [0.1, 0.15) is 11.5 Å². The van der Waals surface area contributed by atoms with Crippen LogP contribution in [-0.2, 0) is 4.79 Å². The molecule has 2 aromatic carbocycles. The third-order valence-corrected chi connectivity index (χ3v) is 5.80. The van der Waals surface area contributed by atoms with Gasteiger partial charge in [0.25, 0.3) is 5.91 Å². The second kappa shape index (κ2) is 11.5. The number of methoxy groups -OCH3 is 1. The normalized spacial score (nSPS) is 10.7. The van der Waals surface area contributed by atoms with E-state index in [1.165, 1.54) is 11.3 Å². The number of hydrogen-bond acceptors (Lipinski definition) is 6. The Hall–Kier alpha value is -1.87. The Labute approximate surface area is 195 Å². The van der Waals surface area contributed by atoms with E-state index in [9.17, 15) is 4.79 Å². The van der Waals surface area contributed by atoms with E-state index in [1.54, 1.807) is 24.1 Å². The van der Waals surface area contributed by atoms with Crippen LogP contribution in [0.2, 0.25) is 0 Å². The van der Waals surface area contributed by atoms with Crippen molar-refractivity contribution in [2.45, 2.75) is 6.42 Å². The summed E-state index contributed by atoms with van der Waals surface area (Å²) in [5.41, 5.74) is 0.882. The molecule has 0 spiro atoms. The standard InChI is InChI=1S/C21H24BrN3O3S.ClH/c1-24(2)10-5-11-25(21-23-18-9-8-15(22)12-19(18)29-21)20(26)14-28-17-7-4-6-16(13-17)27-3;/h4,6-9,12-13H,5,10-11,14H2,1-3H3;1H. The van der Waals surface area contributed by atoms with Gasteiger partial charge in [-0.25, -0.2) is 4.98 Å². The minimum absolute atomic E-state index is 0. The van der Waals surface area contributed by atoms with Crippen LogP contribution in [0.5, 0.6) is 11.5 Å². The summed E-state index contributed by atoms with van der Waals surface area (Å²) in [5, 5.41) is 0.691. The van der Waals surface area contributed by atoms with Crippen molar-refractivity contribution in [3.63, 3.8) is 0 Å². The van der Waals surface area contributed by atoms with Crippen molar-refractivity contribution in [3.8, 4) is 11.5 Å². The molecular formula is C21H25BrClN3O3S. The highest BCUT2D eigenvalue weighted by atomic mass is 79.9. The molecule has 3 aromatic rings. The molecule has 1 heterocycles. The van der Waals surface area contributed by atoms with Crippen molar-refractivity contribution < 1.29 is 14.3 Å². The Morgan fingerprint density at radius 2 is 1.90 bits per heavy atom. The first-order valence-electron chi connectivity index (χ1n) is 9.24. The zero-order valence-corrected chi connectivity index (χ0v) is 20.3. The highest BCUT2D eigenvalue weighted by Crippen LogP contribution is 2.31. The number of halogens is 2. The van der Waals surface area contributed by atoms with Crippen LogP contribution in [0.1, 0.15) is 6.42 Å². The summed E-state index contributed by atoms with van der Waals surface area (Å²) in [4.78, 5) is 21.5. The molecule has 6 nitrogen and oxygen atoms in total. The molecule has 3 rings (SSSR count). The third kappa shape index (κ3) is 6.57. The fourth-order valence-electron chi connectivity index (χ4n) is 2.79. The van der Waals surface area contributed by atoms with Gasteiger partial charge in [-0.2, -0.15) is 0 Å². The van der Waals surface area contributed by atoms with E-state index in [0.717, 1.165) is 27.7 Å². The molecule has 0 fully saturated rings. The van der Waals surface area contributed by atoms with Gasteiger partial charge in [0.15, 0.2) is 11.7 Å². The second-order valence-corrected chi connectivity index (χ2v) is 8.70. The lowest BCUT2D eigenvalue weighted by molar-refractivity contribution is -0.120. The average molecular weight is 515 g/mol. The fraction of sp³-hybridized carbons (Fsp3) is 0.333. The number of ether oxygens (including phenoxy) is 2. The number of aromatic nitrogens is 1. The second-order valence-electron chi connectivity index (χ2n) is 6.78. The van der Waals surface area contributed by atoms with Gasteiger partial charge in [0.05, 0.1) is 17.3 Å². The summed E-state index contributed by atoms with van der Waals surface area (Å²) in [6, 6.07) is 13.2. The molecule has 0 saturated carbocycles. The molecule has 1 aromatic heterocycles. The number of hydrogen-bond donors (Lipinski definition) is 0. The van der Waals surface area contributed by atoms with Gasteiger partial charge in [-0.15, -0.1) is 12.4 Å². The van der Waals surface area contributed by atoms with Gasteiger partial charge < -0.3 is 14.4 Å². The van der Waals surface area contributed by atoms with Crippen LogP contribution >= 0.6 is 39.7 Å². The Morgan fingerprint density at radius 3 is 2.63 bits per heavy atom. The largest absolute Gasteiger partial charge is 0.497 e. The predicted molar refractivity (Wildman–Crippen MR) is 129 cm³/mol. The highest BCUT2D eigenvalue weighted by Gasteiger charge is 2.20. The molecule has 0 saturated heterocycles. The fourth-order valence-corrected chi connectivity index (χ4v) is 4.35. The number of fused-ring (bicyclic) bond motifs is 1. The van der Waals surface area contributed by atoms with E-state index in [4.69, 9.17) is 9.47 Å². The number of amides is 1. The SMILES string of the molecule is COc1cccc(OCC(=O)N(CCCN(C)C)c2nc3ccc(Br)cc3s2)c1.Cl. The predicted octanol–water partition coefficient (Wildman–Crippen LogP) is 4.85. The summed E-state index contributed by atoms with van der Waals surface area (Å²) in [7, 11) is 5.64. The van der Waals surface area contributed by atoms with Crippen LogP contribution in [-0.4, -0.2) is 56.7 Å². The number of anilines is 1. The summed E-state index contributed by atoms with van der Waals surface area (Å²) in [6.45, 7) is 1.41. The molecular weight excluding hydrogens is 490 g/mol. The van der Waals surface area contributed by atoms with Crippen LogP contribution in [0.25, 0.3) is 10.2 Å². The van der Waals surface area contributed by atoms with Crippen LogP contribution in [0.15, 0.2) is 46.9 Å². The molecule has 1 amide bonds.